The summed E-state index contributed by atoms with van der Waals surface area (Å²) >= 11 is 0. The molecule has 0 unspecified atom stereocenters. The molecular weight excluding hydrogens is 456 g/mol. The highest BCUT2D eigenvalue weighted by Crippen LogP contribution is 2.64. The van der Waals surface area contributed by atoms with Crippen LogP contribution in [-0.4, -0.2) is 45.5 Å². The molecule has 1 saturated heterocycles. The number of ketones is 2. The second-order valence-corrected chi connectivity index (χ2v) is 13.3. The van der Waals surface area contributed by atoms with Crippen LogP contribution in [0, 0.1) is 28.1 Å². The van der Waals surface area contributed by atoms with Crippen LogP contribution in [0.1, 0.15) is 84.9 Å². The van der Waals surface area contributed by atoms with Crippen molar-refractivity contribution in [1.29, 1.82) is 0 Å². The predicted octanol–water partition coefficient (Wildman–Crippen LogP) is 4.83. The highest BCUT2D eigenvalue weighted by atomic mass is 16.7. The van der Waals surface area contributed by atoms with Crippen LogP contribution in [0.5, 0.6) is 0 Å². The summed E-state index contributed by atoms with van der Waals surface area (Å²) in [5.74, 6) is 0.547. The van der Waals surface area contributed by atoms with Gasteiger partial charge < -0.3 is 14.6 Å². The molecule has 4 atom stereocenters. The van der Waals surface area contributed by atoms with E-state index in [9.17, 15) is 14.7 Å². The summed E-state index contributed by atoms with van der Waals surface area (Å²) in [6.07, 6.45) is 7.92. The number of rotatable bonds is 0. The molecule has 4 fully saturated rings. The Morgan fingerprint density at radius 2 is 1.64 bits per heavy atom. The number of nitrogens with zero attached hydrogens (tertiary/aromatic N) is 2. The van der Waals surface area contributed by atoms with Gasteiger partial charge in [-0.2, -0.15) is 5.10 Å². The summed E-state index contributed by atoms with van der Waals surface area (Å²) in [5, 5.41) is 13.9. The molecule has 5 aliphatic rings. The standard InChI is InChI=1S/C15H22O4.C14H20N2O/c1-13(2)11-8-10(9-16)12(17)14(11,3)4-5-15(13)18-6-7-19-15;1-13(2)10-7-9-8-16(4)15-12(9)14(10,3)6-5-11(13)17/h9,11,16H,4-8H2,1-3H3;8,10H,5-7H2,1-4H3/b10-9-;/t11-,14-;10-,14-/m00/s1. The molecule has 3 saturated carbocycles. The predicted molar refractivity (Wildman–Crippen MR) is 135 cm³/mol. The van der Waals surface area contributed by atoms with Gasteiger partial charge in [-0.3, -0.25) is 14.3 Å². The number of ether oxygens (including phenoxy) is 2. The van der Waals surface area contributed by atoms with Crippen molar-refractivity contribution in [2.45, 2.75) is 91.3 Å². The van der Waals surface area contributed by atoms with E-state index in [2.05, 4.69) is 45.9 Å². The first-order valence-electron chi connectivity index (χ1n) is 13.5. The van der Waals surface area contributed by atoms with E-state index < -0.39 is 11.2 Å². The molecule has 36 heavy (non-hydrogen) atoms. The summed E-state index contributed by atoms with van der Waals surface area (Å²) in [7, 11) is 1.98. The van der Waals surface area contributed by atoms with Crippen molar-refractivity contribution in [2.75, 3.05) is 13.2 Å². The quantitative estimate of drug-likeness (QED) is 0.407. The number of hydrogen-bond donors (Lipinski definition) is 1. The SMILES string of the molecule is CC1(C)[C@@H]2C/C(=C/O)C(=O)[C@@]2(C)CCC12OCCO2.Cn1cc2c(n1)[C@@]1(C)CCC(=O)C(C)(C)[C@@H]1C2. The number of aliphatic hydroxyl groups excluding tert-OH is 1. The molecule has 0 radical (unpaired) electrons. The van der Waals surface area contributed by atoms with Crippen molar-refractivity contribution in [2.24, 2.45) is 35.1 Å². The maximum Gasteiger partial charge on any atom is 0.173 e. The van der Waals surface area contributed by atoms with Crippen molar-refractivity contribution in [1.82, 2.24) is 9.78 Å². The number of aromatic nitrogens is 2. The minimum Gasteiger partial charge on any atom is -0.515 e. The molecule has 7 heteroatoms. The van der Waals surface area contributed by atoms with Crippen LogP contribution in [0.25, 0.3) is 0 Å². The number of aliphatic hydroxyl groups is 1. The number of Topliss-reactive ketones (excluding diaryl/α,β-unsaturated/α-hetero) is 2. The van der Waals surface area contributed by atoms with Crippen molar-refractivity contribution >= 4 is 11.6 Å². The van der Waals surface area contributed by atoms with E-state index in [0.29, 0.717) is 43.3 Å². The fourth-order valence-electron chi connectivity index (χ4n) is 8.51. The molecule has 1 N–H and O–H groups in total. The molecule has 7 nitrogen and oxygen atoms in total. The maximum atomic E-state index is 12.5. The molecular formula is C29H42N2O5. The third kappa shape index (κ3) is 3.27. The summed E-state index contributed by atoms with van der Waals surface area (Å²) in [6.45, 7) is 14.1. The minimum atomic E-state index is -0.553. The van der Waals surface area contributed by atoms with Gasteiger partial charge in [0.1, 0.15) is 5.78 Å². The Bertz CT molecular complexity index is 1120. The van der Waals surface area contributed by atoms with Gasteiger partial charge >= 0.3 is 0 Å². The van der Waals surface area contributed by atoms with Gasteiger partial charge in [-0.05, 0) is 43.1 Å². The van der Waals surface area contributed by atoms with E-state index in [0.717, 1.165) is 31.9 Å². The third-order valence-electron chi connectivity index (χ3n) is 10.8. The fraction of sp³-hybridized carbons (Fsp3) is 0.759. The summed E-state index contributed by atoms with van der Waals surface area (Å²) < 4.78 is 13.8. The van der Waals surface area contributed by atoms with E-state index in [4.69, 9.17) is 9.47 Å². The molecule has 1 aliphatic heterocycles. The first-order valence-corrected chi connectivity index (χ1v) is 13.5. The van der Waals surface area contributed by atoms with Crippen LogP contribution in [0.15, 0.2) is 18.0 Å². The molecule has 1 aromatic heterocycles. The van der Waals surface area contributed by atoms with Crippen LogP contribution in [0.3, 0.4) is 0 Å². The normalized spacial score (nSPS) is 38.5. The Morgan fingerprint density at radius 3 is 2.28 bits per heavy atom. The van der Waals surface area contributed by atoms with Gasteiger partial charge in [-0.15, -0.1) is 0 Å². The highest BCUT2D eigenvalue weighted by molar-refractivity contribution is 6.02. The van der Waals surface area contributed by atoms with Crippen LogP contribution >= 0.6 is 0 Å². The number of fused-ring (bicyclic) bond motifs is 4. The Balaban J connectivity index is 0.000000149. The maximum absolute atomic E-state index is 12.5. The van der Waals surface area contributed by atoms with Crippen molar-refractivity contribution in [3.05, 3.63) is 29.3 Å². The van der Waals surface area contributed by atoms with E-state index in [1.807, 2.05) is 18.7 Å². The lowest BCUT2D eigenvalue weighted by Gasteiger charge is -2.54. The number of allylic oxidation sites excluding steroid dienone is 1. The Hall–Kier alpha value is -1.99. The van der Waals surface area contributed by atoms with E-state index in [1.54, 1.807) is 0 Å². The average molecular weight is 499 g/mol. The number of hydrogen-bond acceptors (Lipinski definition) is 6. The number of aryl methyl sites for hydroxylation is 1. The van der Waals surface area contributed by atoms with Crippen LogP contribution < -0.4 is 0 Å². The lowest BCUT2D eigenvalue weighted by Crippen LogP contribution is -2.58. The highest BCUT2D eigenvalue weighted by Gasteiger charge is 2.66. The van der Waals surface area contributed by atoms with Gasteiger partial charge in [-0.1, -0.05) is 41.5 Å². The largest absolute Gasteiger partial charge is 0.515 e. The Kier molecular flexibility index (Phi) is 5.70. The second-order valence-electron chi connectivity index (χ2n) is 13.3. The van der Waals surface area contributed by atoms with Crippen LogP contribution in [0.4, 0.5) is 0 Å². The first kappa shape index (κ1) is 25.7. The van der Waals surface area contributed by atoms with Gasteiger partial charge in [-0.25, -0.2) is 0 Å². The molecule has 0 aromatic carbocycles. The smallest absolute Gasteiger partial charge is 0.173 e. The lowest BCUT2D eigenvalue weighted by molar-refractivity contribution is -0.276. The van der Waals surface area contributed by atoms with E-state index >= 15 is 0 Å². The van der Waals surface area contributed by atoms with Crippen LogP contribution in [-0.2, 0) is 37.9 Å². The monoisotopic (exact) mass is 498 g/mol. The second kappa shape index (κ2) is 8.00. The zero-order chi connectivity index (χ0) is 26.3. The average Bonchev–Trinajstić information content (AvgIpc) is 3.56. The zero-order valence-corrected chi connectivity index (χ0v) is 22.9. The Labute approximate surface area is 214 Å². The topological polar surface area (TPSA) is 90.7 Å². The third-order valence-corrected chi connectivity index (χ3v) is 10.8. The first-order chi connectivity index (χ1) is 16.7. The lowest BCUT2D eigenvalue weighted by atomic mass is 9.55. The van der Waals surface area contributed by atoms with E-state index in [-0.39, 0.29) is 27.9 Å². The van der Waals surface area contributed by atoms with E-state index in [1.165, 1.54) is 11.3 Å². The summed E-state index contributed by atoms with van der Waals surface area (Å²) in [4.78, 5) is 24.6. The van der Waals surface area contributed by atoms with Crippen molar-refractivity contribution in [3.63, 3.8) is 0 Å². The molecule has 1 aromatic rings. The number of carbonyl (C=O) groups excluding carboxylic acids is 2. The van der Waals surface area contributed by atoms with Crippen molar-refractivity contribution in [3.8, 4) is 0 Å². The molecule has 4 aliphatic carbocycles. The van der Waals surface area contributed by atoms with Gasteiger partial charge in [0.15, 0.2) is 11.6 Å². The van der Waals surface area contributed by atoms with Gasteiger partial charge in [0.25, 0.3) is 0 Å². The van der Waals surface area contributed by atoms with Crippen LogP contribution in [0.2, 0.25) is 0 Å². The molecule has 1 spiro atoms. The fourth-order valence-corrected chi connectivity index (χ4v) is 8.51. The zero-order valence-electron chi connectivity index (χ0n) is 22.9. The van der Waals surface area contributed by atoms with Gasteiger partial charge in [0.2, 0.25) is 0 Å². The molecule has 0 bridgehead atoms. The van der Waals surface area contributed by atoms with Crippen molar-refractivity contribution < 1.29 is 24.2 Å². The molecule has 0 amide bonds. The molecule has 2 heterocycles. The minimum absolute atomic E-state index is 0.0981. The summed E-state index contributed by atoms with van der Waals surface area (Å²) in [6, 6.07) is 0. The summed E-state index contributed by atoms with van der Waals surface area (Å²) in [5.41, 5.74) is 2.42. The van der Waals surface area contributed by atoms with Gasteiger partial charge in [0.05, 0.1) is 25.2 Å². The Morgan fingerprint density at radius 1 is 0.972 bits per heavy atom. The molecule has 6 rings (SSSR count). The molecule has 198 valence electrons. The van der Waals surface area contributed by atoms with Gasteiger partial charge in [0, 0.05) is 53.3 Å². The number of carbonyl (C=O) groups is 2.